The minimum absolute atomic E-state index is 0.636. The van der Waals surface area contributed by atoms with E-state index in [4.69, 9.17) is 5.26 Å². The molecule has 1 rings (SSSR count). The molecule has 11 heavy (non-hydrogen) atoms. The van der Waals surface area contributed by atoms with Gasteiger partial charge in [-0.3, -0.25) is 0 Å². The molecule has 0 atom stereocenters. The van der Waals surface area contributed by atoms with Gasteiger partial charge in [0, 0.05) is 16.2 Å². The molecule has 0 aromatic carbocycles. The third kappa shape index (κ3) is 2.06. The maximum Gasteiger partial charge on any atom is 0.0625 e. The molecule has 1 heterocycles. The van der Waals surface area contributed by atoms with Crippen molar-refractivity contribution in [2.24, 2.45) is 0 Å². The highest BCUT2D eigenvalue weighted by Crippen LogP contribution is 2.21. The van der Waals surface area contributed by atoms with Gasteiger partial charge in [0.25, 0.3) is 0 Å². The average molecular weight is 165 g/mol. The number of aryl methyl sites for hydroxylation is 3. The van der Waals surface area contributed by atoms with Crippen molar-refractivity contribution in [2.75, 3.05) is 0 Å². The summed E-state index contributed by atoms with van der Waals surface area (Å²) in [7, 11) is 0. The van der Waals surface area contributed by atoms with Gasteiger partial charge in [0.2, 0.25) is 0 Å². The van der Waals surface area contributed by atoms with Crippen molar-refractivity contribution in [1.82, 2.24) is 0 Å². The van der Waals surface area contributed by atoms with Crippen molar-refractivity contribution >= 4 is 11.3 Å². The smallest absolute Gasteiger partial charge is 0.0625 e. The third-order valence-corrected chi connectivity index (χ3v) is 2.66. The van der Waals surface area contributed by atoms with Gasteiger partial charge in [-0.25, -0.2) is 0 Å². The molecule has 1 aromatic heterocycles. The topological polar surface area (TPSA) is 23.8 Å². The van der Waals surface area contributed by atoms with Gasteiger partial charge in [-0.2, -0.15) is 5.26 Å². The van der Waals surface area contributed by atoms with Gasteiger partial charge in [0.1, 0.15) is 0 Å². The molecule has 0 radical (unpaired) electrons. The lowest BCUT2D eigenvalue weighted by Gasteiger charge is -1.91. The highest BCUT2D eigenvalue weighted by Gasteiger charge is 2.00. The zero-order valence-electron chi connectivity index (χ0n) is 6.85. The lowest BCUT2D eigenvalue weighted by molar-refractivity contribution is 1.01. The molecule has 0 aliphatic carbocycles. The van der Waals surface area contributed by atoms with Crippen LogP contribution in [0.3, 0.4) is 0 Å². The van der Waals surface area contributed by atoms with Gasteiger partial charge in [0.15, 0.2) is 0 Å². The summed E-state index contributed by atoms with van der Waals surface area (Å²) in [6.45, 7) is 4.22. The van der Waals surface area contributed by atoms with Crippen LogP contribution in [0.5, 0.6) is 0 Å². The van der Waals surface area contributed by atoms with Crippen LogP contribution in [0.15, 0.2) is 6.07 Å². The molecule has 0 aliphatic rings. The van der Waals surface area contributed by atoms with E-state index in [-0.39, 0.29) is 0 Å². The summed E-state index contributed by atoms with van der Waals surface area (Å²) in [5.74, 6) is 0. The fourth-order valence-corrected chi connectivity index (χ4v) is 2.10. The van der Waals surface area contributed by atoms with Crippen molar-refractivity contribution in [2.45, 2.75) is 26.7 Å². The normalized spacial score (nSPS) is 9.55. The summed E-state index contributed by atoms with van der Waals surface area (Å²) in [6.07, 6.45) is 1.55. The number of thiophene rings is 1. The zero-order valence-corrected chi connectivity index (χ0v) is 7.66. The van der Waals surface area contributed by atoms with Crippen LogP contribution >= 0.6 is 11.3 Å². The van der Waals surface area contributed by atoms with Gasteiger partial charge in [-0.15, -0.1) is 11.3 Å². The van der Waals surface area contributed by atoms with E-state index in [9.17, 15) is 0 Å². The Labute approximate surface area is 71.3 Å². The number of nitrogens with zero attached hydrogens (tertiary/aromatic N) is 1. The molecule has 58 valence electrons. The largest absolute Gasteiger partial charge is 0.198 e. The predicted molar refractivity (Wildman–Crippen MR) is 47.7 cm³/mol. The summed E-state index contributed by atoms with van der Waals surface area (Å²) >= 11 is 1.81. The Kier molecular flexibility index (Phi) is 2.67. The Morgan fingerprint density at radius 3 is 2.73 bits per heavy atom. The molecule has 1 nitrogen and oxygen atoms in total. The lowest BCUT2D eigenvalue weighted by atomic mass is 10.1. The highest BCUT2D eigenvalue weighted by molar-refractivity contribution is 7.12. The lowest BCUT2D eigenvalue weighted by Crippen LogP contribution is -1.81. The summed E-state index contributed by atoms with van der Waals surface area (Å²) in [4.78, 5) is 2.70. The molecule has 0 saturated carbocycles. The van der Waals surface area contributed by atoms with Crippen molar-refractivity contribution in [1.29, 1.82) is 5.26 Å². The summed E-state index contributed by atoms with van der Waals surface area (Å²) in [6, 6.07) is 4.34. The van der Waals surface area contributed by atoms with Crippen molar-refractivity contribution < 1.29 is 0 Å². The van der Waals surface area contributed by atoms with E-state index >= 15 is 0 Å². The monoisotopic (exact) mass is 165 g/mol. The van der Waals surface area contributed by atoms with Gasteiger partial charge < -0.3 is 0 Å². The zero-order chi connectivity index (χ0) is 8.27. The van der Waals surface area contributed by atoms with Gasteiger partial charge in [-0.05, 0) is 31.9 Å². The van der Waals surface area contributed by atoms with Crippen molar-refractivity contribution in [3.63, 3.8) is 0 Å². The Balaban J connectivity index is 2.71. The van der Waals surface area contributed by atoms with Crippen LogP contribution in [-0.2, 0) is 6.42 Å². The van der Waals surface area contributed by atoms with Gasteiger partial charge in [0.05, 0.1) is 6.07 Å². The van der Waals surface area contributed by atoms with E-state index in [0.29, 0.717) is 6.42 Å². The Hall–Kier alpha value is -0.810. The van der Waals surface area contributed by atoms with Crippen LogP contribution in [-0.4, -0.2) is 0 Å². The molecule has 0 aliphatic heterocycles. The molecular weight excluding hydrogens is 154 g/mol. The average Bonchev–Trinajstić information content (AvgIpc) is 2.26. The first-order chi connectivity index (χ1) is 5.24. The SMILES string of the molecule is Cc1cc(CCC#N)c(C)s1. The second-order valence-corrected chi connectivity index (χ2v) is 4.06. The number of nitriles is 1. The first kappa shape index (κ1) is 8.29. The number of hydrogen-bond donors (Lipinski definition) is 0. The van der Waals surface area contributed by atoms with E-state index in [1.165, 1.54) is 15.3 Å². The highest BCUT2D eigenvalue weighted by atomic mass is 32.1. The predicted octanol–water partition coefficient (Wildman–Crippen LogP) is 2.82. The van der Waals surface area contributed by atoms with E-state index < -0.39 is 0 Å². The minimum atomic E-state index is 0.636. The second-order valence-electron chi connectivity index (χ2n) is 2.60. The molecule has 0 fully saturated rings. The molecule has 0 N–H and O–H groups in total. The van der Waals surface area contributed by atoms with Crippen LogP contribution in [0.25, 0.3) is 0 Å². The maximum absolute atomic E-state index is 8.38. The Bertz CT molecular complexity index is 280. The van der Waals surface area contributed by atoms with Gasteiger partial charge in [-0.1, -0.05) is 0 Å². The van der Waals surface area contributed by atoms with Crippen LogP contribution in [0, 0.1) is 25.2 Å². The first-order valence-electron chi connectivity index (χ1n) is 3.67. The molecule has 0 spiro atoms. The second kappa shape index (κ2) is 3.54. The van der Waals surface area contributed by atoms with E-state index in [0.717, 1.165) is 6.42 Å². The Morgan fingerprint density at radius 1 is 1.55 bits per heavy atom. The molecule has 0 bridgehead atoms. The Morgan fingerprint density at radius 2 is 2.27 bits per heavy atom. The fourth-order valence-electron chi connectivity index (χ4n) is 1.12. The summed E-state index contributed by atoms with van der Waals surface area (Å²) in [5.41, 5.74) is 1.34. The quantitative estimate of drug-likeness (QED) is 0.661. The van der Waals surface area contributed by atoms with Crippen molar-refractivity contribution in [3.8, 4) is 6.07 Å². The molecule has 0 saturated heterocycles. The van der Waals surface area contributed by atoms with Crippen LogP contribution in [0.1, 0.15) is 21.7 Å². The van der Waals surface area contributed by atoms with Crippen molar-refractivity contribution in [3.05, 3.63) is 21.4 Å². The van der Waals surface area contributed by atoms with Gasteiger partial charge >= 0.3 is 0 Å². The first-order valence-corrected chi connectivity index (χ1v) is 4.48. The molecule has 1 aromatic rings. The third-order valence-electron chi connectivity index (χ3n) is 1.65. The minimum Gasteiger partial charge on any atom is -0.198 e. The molecular formula is C9H11NS. The fraction of sp³-hybridized carbons (Fsp3) is 0.444. The molecule has 0 unspecified atom stereocenters. The van der Waals surface area contributed by atoms with E-state index in [1.54, 1.807) is 0 Å². The number of hydrogen-bond acceptors (Lipinski definition) is 2. The standard InChI is InChI=1S/C9H11NS/c1-7-6-9(4-3-5-10)8(2)11-7/h6H,3-4H2,1-2H3. The van der Waals surface area contributed by atoms with Crippen LogP contribution < -0.4 is 0 Å². The summed E-state index contributed by atoms with van der Waals surface area (Å²) < 4.78 is 0. The van der Waals surface area contributed by atoms with E-state index in [1.807, 2.05) is 11.3 Å². The molecule has 0 amide bonds. The van der Waals surface area contributed by atoms with Crippen LogP contribution in [0.4, 0.5) is 0 Å². The van der Waals surface area contributed by atoms with Crippen LogP contribution in [0.2, 0.25) is 0 Å². The van der Waals surface area contributed by atoms with E-state index in [2.05, 4.69) is 26.0 Å². The number of rotatable bonds is 2. The molecule has 2 heteroatoms. The maximum atomic E-state index is 8.38. The summed E-state index contributed by atoms with van der Waals surface area (Å²) in [5, 5.41) is 8.38.